The van der Waals surface area contributed by atoms with Crippen molar-refractivity contribution in [1.29, 1.82) is 0 Å². The Labute approximate surface area is 85.7 Å². The van der Waals surface area contributed by atoms with Crippen LogP contribution < -0.4 is 0 Å². The van der Waals surface area contributed by atoms with Crippen LogP contribution in [0, 0.1) is 0 Å². The summed E-state index contributed by atoms with van der Waals surface area (Å²) in [5.41, 5.74) is 0. The van der Waals surface area contributed by atoms with Crippen LogP contribution in [0.3, 0.4) is 0 Å². The lowest BCUT2D eigenvalue weighted by Gasteiger charge is -2.24. The monoisotopic (exact) mass is 235 g/mol. The van der Waals surface area contributed by atoms with Crippen LogP contribution in [0.2, 0.25) is 0 Å². The van der Waals surface area contributed by atoms with Crippen LogP contribution in [0.5, 0.6) is 0 Å². The first kappa shape index (κ1) is 12.4. The molecule has 0 saturated heterocycles. The van der Waals surface area contributed by atoms with E-state index in [0.717, 1.165) is 6.04 Å². The third kappa shape index (κ3) is 6.01. The van der Waals surface area contributed by atoms with Crippen LogP contribution in [-0.2, 0) is 0 Å². The quantitative estimate of drug-likeness (QED) is 0.640. The second kappa shape index (κ2) is 6.90. The van der Waals surface area contributed by atoms with Crippen molar-refractivity contribution in [3.63, 3.8) is 0 Å². The predicted octanol–water partition coefficient (Wildman–Crippen LogP) is 3.28. The molecule has 0 rings (SSSR count). The zero-order valence-electron chi connectivity index (χ0n) is 8.81. The van der Waals surface area contributed by atoms with Gasteiger partial charge in [0.25, 0.3) is 0 Å². The molecule has 0 aliphatic rings. The molecule has 0 spiro atoms. The molecule has 0 aliphatic heterocycles. The van der Waals surface area contributed by atoms with Crippen molar-refractivity contribution in [3.8, 4) is 0 Å². The van der Waals surface area contributed by atoms with Crippen molar-refractivity contribution in [1.82, 2.24) is 4.90 Å². The molecule has 0 heterocycles. The van der Waals surface area contributed by atoms with Crippen LogP contribution in [-0.4, -0.2) is 29.4 Å². The molecule has 0 aromatic heterocycles. The van der Waals surface area contributed by atoms with Crippen LogP contribution in [0.1, 0.15) is 40.0 Å². The number of hydrogen-bond acceptors (Lipinski definition) is 1. The molecule has 2 heteroatoms. The third-order valence-electron chi connectivity index (χ3n) is 2.34. The van der Waals surface area contributed by atoms with Gasteiger partial charge in [-0.2, -0.15) is 0 Å². The SMILES string of the molecule is CCCC(C)N(C)CCC(C)Br. The van der Waals surface area contributed by atoms with Crippen LogP contribution in [0.25, 0.3) is 0 Å². The standard InChI is InChI=1S/C10H22BrN/c1-5-6-10(3)12(4)8-7-9(2)11/h9-10H,5-8H2,1-4H3. The lowest BCUT2D eigenvalue weighted by atomic mass is 10.1. The maximum absolute atomic E-state index is 3.56. The molecule has 0 saturated carbocycles. The average molecular weight is 236 g/mol. The Bertz CT molecular complexity index is 104. The van der Waals surface area contributed by atoms with Gasteiger partial charge in [0.2, 0.25) is 0 Å². The number of halogens is 1. The normalized spacial score (nSPS) is 16.5. The summed E-state index contributed by atoms with van der Waals surface area (Å²) in [6, 6.07) is 0.737. The summed E-state index contributed by atoms with van der Waals surface area (Å²) in [5.74, 6) is 0. The minimum absolute atomic E-state index is 0.647. The highest BCUT2D eigenvalue weighted by Crippen LogP contribution is 2.08. The van der Waals surface area contributed by atoms with Crippen LogP contribution >= 0.6 is 15.9 Å². The van der Waals surface area contributed by atoms with Crippen molar-refractivity contribution in [2.45, 2.75) is 50.9 Å². The van der Waals surface area contributed by atoms with E-state index in [1.165, 1.54) is 25.8 Å². The lowest BCUT2D eigenvalue weighted by molar-refractivity contribution is 0.243. The molecule has 74 valence electrons. The van der Waals surface area contributed by atoms with Gasteiger partial charge in [-0.05, 0) is 33.4 Å². The number of nitrogens with zero attached hydrogens (tertiary/aromatic N) is 1. The molecular formula is C10H22BrN. The van der Waals surface area contributed by atoms with Crippen molar-refractivity contribution < 1.29 is 0 Å². The topological polar surface area (TPSA) is 3.24 Å². The molecule has 0 radical (unpaired) electrons. The Morgan fingerprint density at radius 3 is 2.25 bits per heavy atom. The molecular weight excluding hydrogens is 214 g/mol. The van der Waals surface area contributed by atoms with E-state index in [1.807, 2.05) is 0 Å². The van der Waals surface area contributed by atoms with Gasteiger partial charge in [-0.15, -0.1) is 0 Å². The van der Waals surface area contributed by atoms with E-state index in [9.17, 15) is 0 Å². The van der Waals surface area contributed by atoms with Gasteiger partial charge in [0.1, 0.15) is 0 Å². The summed E-state index contributed by atoms with van der Waals surface area (Å²) in [5, 5.41) is 0. The number of rotatable bonds is 6. The zero-order chi connectivity index (χ0) is 9.56. The fourth-order valence-electron chi connectivity index (χ4n) is 1.24. The van der Waals surface area contributed by atoms with E-state index in [-0.39, 0.29) is 0 Å². The molecule has 2 atom stereocenters. The second-order valence-corrected chi connectivity index (χ2v) is 5.25. The number of hydrogen-bond donors (Lipinski definition) is 0. The summed E-state index contributed by atoms with van der Waals surface area (Å²) < 4.78 is 0. The molecule has 2 unspecified atom stereocenters. The predicted molar refractivity (Wildman–Crippen MR) is 60.0 cm³/mol. The smallest absolute Gasteiger partial charge is 0.0129 e. The molecule has 12 heavy (non-hydrogen) atoms. The van der Waals surface area contributed by atoms with E-state index in [4.69, 9.17) is 0 Å². The third-order valence-corrected chi connectivity index (χ3v) is 2.80. The Kier molecular flexibility index (Phi) is 7.16. The molecule has 0 amide bonds. The van der Waals surface area contributed by atoms with E-state index >= 15 is 0 Å². The largest absolute Gasteiger partial charge is 0.304 e. The molecule has 0 fully saturated rings. The molecule has 0 aliphatic carbocycles. The first-order chi connectivity index (χ1) is 5.57. The average Bonchev–Trinajstić information content (AvgIpc) is 2.00. The zero-order valence-corrected chi connectivity index (χ0v) is 10.4. The Morgan fingerprint density at radius 2 is 1.83 bits per heavy atom. The molecule has 0 bridgehead atoms. The van der Waals surface area contributed by atoms with Crippen molar-refractivity contribution in [2.24, 2.45) is 0 Å². The van der Waals surface area contributed by atoms with Crippen molar-refractivity contribution in [3.05, 3.63) is 0 Å². The van der Waals surface area contributed by atoms with Gasteiger partial charge < -0.3 is 4.90 Å². The minimum Gasteiger partial charge on any atom is -0.304 e. The summed E-state index contributed by atoms with van der Waals surface area (Å²) in [6.45, 7) is 7.96. The molecule has 0 N–H and O–H groups in total. The van der Waals surface area contributed by atoms with Crippen LogP contribution in [0.4, 0.5) is 0 Å². The van der Waals surface area contributed by atoms with Crippen LogP contribution in [0.15, 0.2) is 0 Å². The van der Waals surface area contributed by atoms with E-state index < -0.39 is 0 Å². The van der Waals surface area contributed by atoms with Gasteiger partial charge in [-0.3, -0.25) is 0 Å². The Hall–Kier alpha value is 0.440. The van der Waals surface area contributed by atoms with E-state index in [2.05, 4.69) is 48.6 Å². The van der Waals surface area contributed by atoms with Gasteiger partial charge in [0, 0.05) is 10.9 Å². The first-order valence-electron chi connectivity index (χ1n) is 4.92. The first-order valence-corrected chi connectivity index (χ1v) is 5.83. The maximum atomic E-state index is 3.56. The summed E-state index contributed by atoms with van der Waals surface area (Å²) in [4.78, 5) is 3.09. The fraction of sp³-hybridized carbons (Fsp3) is 1.00. The van der Waals surface area contributed by atoms with Crippen molar-refractivity contribution in [2.75, 3.05) is 13.6 Å². The highest BCUT2D eigenvalue weighted by atomic mass is 79.9. The summed E-state index contributed by atoms with van der Waals surface area (Å²) >= 11 is 3.56. The van der Waals surface area contributed by atoms with Gasteiger partial charge in [0.15, 0.2) is 0 Å². The number of alkyl halides is 1. The molecule has 0 aromatic rings. The van der Waals surface area contributed by atoms with Crippen molar-refractivity contribution >= 4 is 15.9 Å². The summed E-state index contributed by atoms with van der Waals surface area (Å²) in [6.07, 6.45) is 3.84. The Balaban J connectivity index is 3.49. The summed E-state index contributed by atoms with van der Waals surface area (Å²) in [7, 11) is 2.22. The van der Waals surface area contributed by atoms with E-state index in [1.54, 1.807) is 0 Å². The van der Waals surface area contributed by atoms with Gasteiger partial charge in [0.05, 0.1) is 0 Å². The fourth-order valence-corrected chi connectivity index (χ4v) is 1.44. The molecule has 0 aromatic carbocycles. The van der Waals surface area contributed by atoms with E-state index in [0.29, 0.717) is 4.83 Å². The highest BCUT2D eigenvalue weighted by molar-refractivity contribution is 9.09. The van der Waals surface area contributed by atoms with Gasteiger partial charge in [-0.1, -0.05) is 36.2 Å². The highest BCUT2D eigenvalue weighted by Gasteiger charge is 2.07. The minimum atomic E-state index is 0.647. The lowest BCUT2D eigenvalue weighted by Crippen LogP contribution is -2.30. The molecule has 1 nitrogen and oxygen atoms in total. The maximum Gasteiger partial charge on any atom is 0.0129 e. The van der Waals surface area contributed by atoms with Gasteiger partial charge >= 0.3 is 0 Å². The van der Waals surface area contributed by atoms with Gasteiger partial charge in [-0.25, -0.2) is 0 Å². The second-order valence-electron chi connectivity index (χ2n) is 3.69. The Morgan fingerprint density at radius 1 is 1.25 bits per heavy atom.